The summed E-state index contributed by atoms with van der Waals surface area (Å²) >= 11 is 4.71. The van der Waals surface area contributed by atoms with Gasteiger partial charge < -0.3 is 36.2 Å². The molecule has 0 bridgehead atoms. The van der Waals surface area contributed by atoms with E-state index in [2.05, 4.69) is 10.6 Å². The van der Waals surface area contributed by atoms with Crippen molar-refractivity contribution in [2.45, 2.75) is 30.6 Å². The molecule has 7 N–H and O–H groups in total. The average molecular weight is 238 g/mol. The van der Waals surface area contributed by atoms with E-state index in [0.29, 0.717) is 0 Å². The summed E-state index contributed by atoms with van der Waals surface area (Å²) < 4.78 is 0. The summed E-state index contributed by atoms with van der Waals surface area (Å²) in [5.41, 5.74) is 0. The van der Waals surface area contributed by atoms with Gasteiger partial charge in [0.05, 0.1) is 12.6 Å². The van der Waals surface area contributed by atoms with Crippen LogP contribution < -0.4 is 10.6 Å². The van der Waals surface area contributed by atoms with Crippen molar-refractivity contribution < 1.29 is 25.5 Å². The highest BCUT2D eigenvalue weighted by atomic mass is 32.1. The molecule has 1 aliphatic rings. The molecule has 0 radical (unpaired) electrons. The predicted octanol–water partition coefficient (Wildman–Crippen LogP) is -3.77. The monoisotopic (exact) mass is 238 g/mol. The average Bonchev–Trinajstić information content (AvgIpc) is 2.21. The Morgan fingerprint density at radius 1 is 1.27 bits per heavy atom. The summed E-state index contributed by atoms with van der Waals surface area (Å²) in [6.07, 6.45) is -5.50. The second-order valence-electron chi connectivity index (χ2n) is 3.32. The molecule has 0 aromatic carbocycles. The van der Waals surface area contributed by atoms with Gasteiger partial charge in [0, 0.05) is 0 Å². The first-order chi connectivity index (χ1) is 6.97. The van der Waals surface area contributed by atoms with E-state index in [9.17, 15) is 20.4 Å². The van der Waals surface area contributed by atoms with Gasteiger partial charge in [-0.1, -0.05) is 0 Å². The maximum atomic E-state index is 9.52. The minimum Gasteiger partial charge on any atom is -0.394 e. The Hall–Kier alpha value is -0.510. The van der Waals surface area contributed by atoms with Crippen molar-refractivity contribution in [3.8, 4) is 0 Å². The van der Waals surface area contributed by atoms with Gasteiger partial charge in [0.25, 0.3) is 0 Å². The lowest BCUT2D eigenvalue weighted by Crippen LogP contribution is -2.68. The Morgan fingerprint density at radius 2 is 1.87 bits per heavy atom. The molecule has 0 amide bonds. The minimum atomic E-state index is -1.43. The van der Waals surface area contributed by atoms with Gasteiger partial charge in [0.2, 0.25) is 0 Å². The van der Waals surface area contributed by atoms with E-state index in [1.807, 2.05) is 0 Å². The smallest absolute Gasteiger partial charge is 0.168 e. The molecule has 0 unspecified atom stereocenters. The van der Waals surface area contributed by atoms with Crippen molar-refractivity contribution in [2.24, 2.45) is 0 Å². The molecule has 15 heavy (non-hydrogen) atoms. The van der Waals surface area contributed by atoms with Crippen molar-refractivity contribution >= 4 is 17.3 Å². The molecule has 1 fully saturated rings. The van der Waals surface area contributed by atoms with E-state index in [1.54, 1.807) is 0 Å². The highest BCUT2D eigenvalue weighted by molar-refractivity contribution is 7.80. The largest absolute Gasteiger partial charge is 0.394 e. The third-order valence-electron chi connectivity index (χ3n) is 2.22. The fraction of sp³-hybridized carbons (Fsp3) is 0.857. The molecule has 5 atom stereocenters. The Kier molecular flexibility index (Phi) is 4.20. The van der Waals surface area contributed by atoms with Gasteiger partial charge in [-0.3, -0.25) is 0 Å². The number of rotatable bonds is 3. The molecule has 0 aromatic rings. The highest BCUT2D eigenvalue weighted by Gasteiger charge is 2.39. The Bertz CT molecular complexity index is 241. The van der Waals surface area contributed by atoms with Gasteiger partial charge in [-0.05, 0) is 12.2 Å². The van der Waals surface area contributed by atoms with Gasteiger partial charge in [0.15, 0.2) is 11.3 Å². The SMILES string of the molecule is OC[C@@H](O)[C@@H](O)[C@H]1NC(=S)N[C@@H](O)[C@@H]1O. The Balaban J connectivity index is 2.70. The lowest BCUT2D eigenvalue weighted by molar-refractivity contribution is -0.0895. The van der Waals surface area contributed by atoms with E-state index in [-0.39, 0.29) is 5.11 Å². The molecule has 0 spiro atoms. The lowest BCUT2D eigenvalue weighted by Gasteiger charge is -2.38. The molecule has 1 heterocycles. The Morgan fingerprint density at radius 3 is 2.40 bits per heavy atom. The molecule has 1 saturated heterocycles. The van der Waals surface area contributed by atoms with Crippen LogP contribution in [0.15, 0.2) is 0 Å². The molecule has 7 nitrogen and oxygen atoms in total. The maximum absolute atomic E-state index is 9.52. The van der Waals surface area contributed by atoms with Crippen LogP contribution in [0.4, 0.5) is 0 Å². The first-order valence-electron chi connectivity index (χ1n) is 4.37. The van der Waals surface area contributed by atoms with Gasteiger partial charge in [-0.15, -0.1) is 0 Å². The standard InChI is InChI=1S/C7H14N2O5S/c10-1-2(11)4(12)3-5(13)6(14)9-7(15)8-3/h2-6,10-14H,1H2,(H2,8,9,15)/t2-,3-,4-,5-,6+/m1/s1. The topological polar surface area (TPSA) is 125 Å². The minimum absolute atomic E-state index is 0.0574. The number of aliphatic hydroxyl groups excluding tert-OH is 5. The zero-order valence-corrected chi connectivity index (χ0v) is 8.55. The number of hydrogen-bond donors (Lipinski definition) is 7. The summed E-state index contributed by atoms with van der Waals surface area (Å²) in [7, 11) is 0. The third kappa shape index (κ3) is 2.74. The molecule has 0 aliphatic carbocycles. The normalized spacial score (nSPS) is 35.3. The first kappa shape index (κ1) is 12.6. The van der Waals surface area contributed by atoms with Crippen molar-refractivity contribution in [1.82, 2.24) is 10.6 Å². The van der Waals surface area contributed by atoms with Crippen LogP contribution in [-0.2, 0) is 0 Å². The first-order valence-corrected chi connectivity index (χ1v) is 4.78. The van der Waals surface area contributed by atoms with Crippen LogP contribution in [0.3, 0.4) is 0 Å². The van der Waals surface area contributed by atoms with Crippen molar-refractivity contribution in [2.75, 3.05) is 6.61 Å². The van der Waals surface area contributed by atoms with Crippen molar-refractivity contribution in [3.05, 3.63) is 0 Å². The summed E-state index contributed by atoms with van der Waals surface area (Å²) in [5, 5.41) is 51.0. The quantitative estimate of drug-likeness (QED) is 0.250. The summed E-state index contributed by atoms with van der Waals surface area (Å²) in [6, 6.07) is -1.03. The number of thiocarbonyl (C=S) groups is 1. The van der Waals surface area contributed by atoms with Crippen LogP contribution in [0.5, 0.6) is 0 Å². The molecule has 1 aliphatic heterocycles. The number of aliphatic hydroxyl groups is 5. The Labute approximate surface area is 91.4 Å². The summed E-state index contributed by atoms with van der Waals surface area (Å²) in [4.78, 5) is 0. The van der Waals surface area contributed by atoms with Gasteiger partial charge in [0.1, 0.15) is 18.3 Å². The number of nitrogens with one attached hydrogen (secondary N) is 2. The van der Waals surface area contributed by atoms with E-state index < -0.39 is 37.2 Å². The van der Waals surface area contributed by atoms with E-state index in [1.165, 1.54) is 0 Å². The van der Waals surface area contributed by atoms with Gasteiger partial charge in [-0.25, -0.2) is 0 Å². The fourth-order valence-electron chi connectivity index (χ4n) is 1.33. The second kappa shape index (κ2) is 5.01. The molecule has 8 heteroatoms. The van der Waals surface area contributed by atoms with Crippen LogP contribution in [0.2, 0.25) is 0 Å². The fourth-order valence-corrected chi connectivity index (χ4v) is 1.59. The van der Waals surface area contributed by atoms with Gasteiger partial charge in [-0.2, -0.15) is 0 Å². The summed E-state index contributed by atoms with van der Waals surface area (Å²) in [6.45, 7) is -0.650. The van der Waals surface area contributed by atoms with E-state index in [0.717, 1.165) is 0 Å². The van der Waals surface area contributed by atoms with Crippen LogP contribution in [0, 0.1) is 0 Å². The maximum Gasteiger partial charge on any atom is 0.168 e. The van der Waals surface area contributed by atoms with Crippen molar-refractivity contribution in [3.63, 3.8) is 0 Å². The van der Waals surface area contributed by atoms with E-state index >= 15 is 0 Å². The van der Waals surface area contributed by atoms with Gasteiger partial charge >= 0.3 is 0 Å². The molecule has 1 rings (SSSR count). The zero-order chi connectivity index (χ0) is 11.6. The van der Waals surface area contributed by atoms with Crippen molar-refractivity contribution in [1.29, 1.82) is 0 Å². The third-order valence-corrected chi connectivity index (χ3v) is 2.45. The summed E-state index contributed by atoms with van der Waals surface area (Å²) in [5.74, 6) is 0. The zero-order valence-electron chi connectivity index (χ0n) is 7.74. The lowest BCUT2D eigenvalue weighted by atomic mass is 9.98. The second-order valence-corrected chi connectivity index (χ2v) is 3.73. The molecular formula is C7H14N2O5S. The molecule has 0 aromatic heterocycles. The van der Waals surface area contributed by atoms with Crippen LogP contribution in [0.1, 0.15) is 0 Å². The predicted molar refractivity (Wildman–Crippen MR) is 53.8 cm³/mol. The number of hydrogen-bond acceptors (Lipinski definition) is 6. The van der Waals surface area contributed by atoms with Crippen LogP contribution in [0.25, 0.3) is 0 Å². The van der Waals surface area contributed by atoms with Crippen LogP contribution in [-0.4, -0.2) is 67.8 Å². The molecule has 0 saturated carbocycles. The molecular weight excluding hydrogens is 224 g/mol. The molecule has 88 valence electrons. The van der Waals surface area contributed by atoms with E-state index in [4.69, 9.17) is 17.3 Å². The van der Waals surface area contributed by atoms with Crippen LogP contribution >= 0.6 is 12.2 Å². The highest BCUT2D eigenvalue weighted by Crippen LogP contribution is 2.10.